The molecule has 2 aliphatic heterocycles. The van der Waals surface area contributed by atoms with Crippen LogP contribution in [-0.4, -0.2) is 40.1 Å². The van der Waals surface area contributed by atoms with Gasteiger partial charge in [0.2, 0.25) is 0 Å². The van der Waals surface area contributed by atoms with E-state index in [9.17, 15) is 4.79 Å². The van der Waals surface area contributed by atoms with Gasteiger partial charge in [0, 0.05) is 28.7 Å². The number of piperidine rings is 1. The molecule has 0 bridgehead atoms. The Morgan fingerprint density at radius 2 is 2.07 bits per heavy atom. The molecular formula is C22H23ClN4O. The van der Waals surface area contributed by atoms with Gasteiger partial charge in [0.25, 0.3) is 5.91 Å². The lowest BCUT2D eigenvalue weighted by molar-refractivity contribution is 0.102. The molecule has 1 aromatic heterocycles. The molecule has 0 aliphatic carbocycles. The molecule has 2 atom stereocenters. The monoisotopic (exact) mass is 394 g/mol. The van der Waals surface area contributed by atoms with Crippen LogP contribution in [0.4, 0.5) is 5.69 Å². The van der Waals surface area contributed by atoms with Crippen LogP contribution >= 0.6 is 11.6 Å². The Balaban J connectivity index is 1.41. The average Bonchev–Trinajstić information content (AvgIpc) is 3.34. The maximum Gasteiger partial charge on any atom is 0.257 e. The van der Waals surface area contributed by atoms with Crippen molar-refractivity contribution in [2.75, 3.05) is 18.4 Å². The number of fused-ring (bicyclic) bond motifs is 2. The van der Waals surface area contributed by atoms with Gasteiger partial charge in [-0.1, -0.05) is 23.7 Å². The van der Waals surface area contributed by atoms with Crippen LogP contribution in [0, 0.1) is 0 Å². The van der Waals surface area contributed by atoms with E-state index < -0.39 is 0 Å². The Bertz CT molecular complexity index is 1030. The second-order valence-corrected chi connectivity index (χ2v) is 8.26. The minimum atomic E-state index is -0.200. The molecule has 0 saturated carbocycles. The highest BCUT2D eigenvalue weighted by Crippen LogP contribution is 2.38. The quantitative estimate of drug-likeness (QED) is 0.670. The first-order valence-electron chi connectivity index (χ1n) is 9.97. The minimum Gasteiger partial charge on any atom is -0.322 e. The Labute approximate surface area is 169 Å². The zero-order chi connectivity index (χ0) is 19.1. The van der Waals surface area contributed by atoms with E-state index in [2.05, 4.69) is 20.4 Å². The summed E-state index contributed by atoms with van der Waals surface area (Å²) in [5.41, 5.74) is 3.39. The van der Waals surface area contributed by atoms with Crippen molar-refractivity contribution in [2.45, 2.75) is 37.6 Å². The van der Waals surface area contributed by atoms with Crippen molar-refractivity contribution in [1.29, 1.82) is 0 Å². The number of carbonyl (C=O) groups is 1. The third-order valence-corrected chi connectivity index (χ3v) is 6.52. The molecule has 2 N–H and O–H groups in total. The van der Waals surface area contributed by atoms with Crippen LogP contribution in [0.15, 0.2) is 42.5 Å². The van der Waals surface area contributed by atoms with E-state index in [1.807, 2.05) is 30.3 Å². The SMILES string of the molecule is O=C(Nc1ccc2n[nH]c(C3CCN4CCCC4C3)c2c1)c1ccccc1Cl. The molecule has 28 heavy (non-hydrogen) atoms. The number of rotatable bonds is 3. The number of hydrogen-bond acceptors (Lipinski definition) is 3. The van der Waals surface area contributed by atoms with Crippen LogP contribution in [0.1, 0.15) is 47.7 Å². The zero-order valence-electron chi connectivity index (χ0n) is 15.6. The minimum absolute atomic E-state index is 0.200. The molecule has 2 unspecified atom stereocenters. The largest absolute Gasteiger partial charge is 0.322 e. The number of carbonyl (C=O) groups excluding carboxylic acids is 1. The molecule has 3 aromatic rings. The highest BCUT2D eigenvalue weighted by atomic mass is 35.5. The number of anilines is 1. The molecule has 2 saturated heterocycles. The van der Waals surface area contributed by atoms with Gasteiger partial charge >= 0.3 is 0 Å². The van der Waals surface area contributed by atoms with E-state index in [0.717, 1.165) is 23.0 Å². The number of aromatic nitrogens is 2. The van der Waals surface area contributed by atoms with Gasteiger partial charge in [0.1, 0.15) is 0 Å². The number of benzene rings is 2. The number of H-pyrrole nitrogens is 1. The molecule has 2 aromatic carbocycles. The molecule has 3 heterocycles. The first-order chi connectivity index (χ1) is 13.7. The van der Waals surface area contributed by atoms with Gasteiger partial charge in [-0.25, -0.2) is 0 Å². The number of amides is 1. The van der Waals surface area contributed by atoms with Gasteiger partial charge < -0.3 is 10.2 Å². The summed E-state index contributed by atoms with van der Waals surface area (Å²) in [4.78, 5) is 15.2. The van der Waals surface area contributed by atoms with Gasteiger partial charge in [-0.3, -0.25) is 9.89 Å². The van der Waals surface area contributed by atoms with Crippen molar-refractivity contribution in [3.8, 4) is 0 Å². The molecule has 5 nitrogen and oxygen atoms in total. The van der Waals surface area contributed by atoms with Crippen molar-refractivity contribution in [1.82, 2.24) is 15.1 Å². The molecule has 2 fully saturated rings. The number of nitrogens with one attached hydrogen (secondary N) is 2. The lowest BCUT2D eigenvalue weighted by atomic mass is 9.87. The Hall–Kier alpha value is -2.37. The van der Waals surface area contributed by atoms with Gasteiger partial charge in [0.05, 0.1) is 16.1 Å². The fourth-order valence-electron chi connectivity index (χ4n) is 4.75. The van der Waals surface area contributed by atoms with Crippen LogP contribution in [0.2, 0.25) is 5.02 Å². The smallest absolute Gasteiger partial charge is 0.257 e. The molecule has 144 valence electrons. The van der Waals surface area contributed by atoms with E-state index in [0.29, 0.717) is 22.5 Å². The first-order valence-corrected chi connectivity index (χ1v) is 10.3. The van der Waals surface area contributed by atoms with Crippen LogP contribution in [0.3, 0.4) is 0 Å². The van der Waals surface area contributed by atoms with Crippen molar-refractivity contribution >= 4 is 34.1 Å². The van der Waals surface area contributed by atoms with E-state index >= 15 is 0 Å². The molecular weight excluding hydrogens is 372 g/mol. The summed E-state index contributed by atoms with van der Waals surface area (Å²) in [6, 6.07) is 13.7. The van der Waals surface area contributed by atoms with Crippen LogP contribution in [-0.2, 0) is 0 Å². The summed E-state index contributed by atoms with van der Waals surface area (Å²) in [6.07, 6.45) is 4.97. The topological polar surface area (TPSA) is 61.0 Å². The molecule has 0 radical (unpaired) electrons. The third kappa shape index (κ3) is 3.19. The lowest BCUT2D eigenvalue weighted by Gasteiger charge is -2.34. The molecule has 2 aliphatic rings. The highest BCUT2D eigenvalue weighted by molar-refractivity contribution is 6.34. The Morgan fingerprint density at radius 3 is 2.96 bits per heavy atom. The number of hydrogen-bond donors (Lipinski definition) is 2. The molecule has 0 spiro atoms. The van der Waals surface area contributed by atoms with Gasteiger partial charge in [-0.05, 0) is 69.1 Å². The first kappa shape index (κ1) is 17.7. The summed E-state index contributed by atoms with van der Waals surface area (Å²) in [5.74, 6) is 0.299. The number of halogens is 1. The van der Waals surface area contributed by atoms with E-state index in [1.165, 1.54) is 38.0 Å². The Kier molecular flexibility index (Phi) is 4.57. The summed E-state index contributed by atoms with van der Waals surface area (Å²) < 4.78 is 0. The van der Waals surface area contributed by atoms with Crippen molar-refractivity contribution < 1.29 is 4.79 Å². The average molecular weight is 395 g/mol. The maximum absolute atomic E-state index is 12.6. The summed E-state index contributed by atoms with van der Waals surface area (Å²) in [5, 5.41) is 12.3. The summed E-state index contributed by atoms with van der Waals surface area (Å²) in [6.45, 7) is 2.41. The summed E-state index contributed by atoms with van der Waals surface area (Å²) in [7, 11) is 0. The normalized spacial score (nSPS) is 22.3. The standard InChI is InChI=1S/C22H23ClN4O/c23-19-6-2-1-5-17(19)22(28)24-15-7-8-20-18(13-15)21(26-25-20)14-9-11-27-10-3-4-16(27)12-14/h1-2,5-8,13-14,16H,3-4,9-12H2,(H,24,28)(H,25,26). The van der Waals surface area contributed by atoms with Crippen LogP contribution < -0.4 is 5.32 Å². The number of aromatic amines is 1. The zero-order valence-corrected chi connectivity index (χ0v) is 16.4. The van der Waals surface area contributed by atoms with Crippen LogP contribution in [0.5, 0.6) is 0 Å². The van der Waals surface area contributed by atoms with Crippen molar-refractivity contribution in [2.24, 2.45) is 0 Å². The molecule has 6 heteroatoms. The van der Waals surface area contributed by atoms with Gasteiger partial charge in [-0.15, -0.1) is 0 Å². The predicted octanol–water partition coefficient (Wildman–Crippen LogP) is 4.81. The van der Waals surface area contributed by atoms with E-state index in [-0.39, 0.29) is 5.91 Å². The predicted molar refractivity (Wildman–Crippen MR) is 112 cm³/mol. The van der Waals surface area contributed by atoms with Crippen molar-refractivity contribution in [3.63, 3.8) is 0 Å². The molecule has 5 rings (SSSR count). The van der Waals surface area contributed by atoms with Crippen molar-refractivity contribution in [3.05, 3.63) is 58.7 Å². The fourth-order valence-corrected chi connectivity index (χ4v) is 4.97. The molecule has 1 amide bonds. The second-order valence-electron chi connectivity index (χ2n) is 7.86. The maximum atomic E-state index is 12.6. The van der Waals surface area contributed by atoms with E-state index in [4.69, 9.17) is 11.6 Å². The summed E-state index contributed by atoms with van der Waals surface area (Å²) >= 11 is 6.15. The highest BCUT2D eigenvalue weighted by Gasteiger charge is 2.33. The van der Waals surface area contributed by atoms with Crippen LogP contribution in [0.25, 0.3) is 10.9 Å². The van der Waals surface area contributed by atoms with Gasteiger partial charge in [0.15, 0.2) is 0 Å². The second kappa shape index (κ2) is 7.22. The third-order valence-electron chi connectivity index (χ3n) is 6.19. The van der Waals surface area contributed by atoms with Gasteiger partial charge in [-0.2, -0.15) is 5.10 Å². The lowest BCUT2D eigenvalue weighted by Crippen LogP contribution is -2.37. The Morgan fingerprint density at radius 1 is 1.18 bits per heavy atom. The number of nitrogens with zero attached hydrogens (tertiary/aromatic N) is 2. The fraction of sp³-hybridized carbons (Fsp3) is 0.364. The van der Waals surface area contributed by atoms with E-state index in [1.54, 1.807) is 12.1 Å².